The van der Waals surface area contributed by atoms with Crippen LogP contribution < -0.4 is 5.32 Å². The zero-order valence-electron chi connectivity index (χ0n) is 24.9. The number of hydrogen-bond acceptors (Lipinski definition) is 4. The molecule has 0 radical (unpaired) electrons. The van der Waals surface area contributed by atoms with E-state index < -0.39 is 0 Å². The number of benzene rings is 1. The fourth-order valence-corrected chi connectivity index (χ4v) is 7.88. The predicted molar refractivity (Wildman–Crippen MR) is 176 cm³/mol. The van der Waals surface area contributed by atoms with Gasteiger partial charge < -0.3 is 10.1 Å². The maximum absolute atomic E-state index is 7.06. The average Bonchev–Trinajstić information content (AvgIpc) is 3.24. The second kappa shape index (κ2) is 11.7. The van der Waals surface area contributed by atoms with Gasteiger partial charge in [0.05, 0.1) is 12.2 Å². The molecular weight excluding hydrogens is 526 g/mol. The first-order valence-electron chi connectivity index (χ1n) is 16.5. The van der Waals surface area contributed by atoms with Gasteiger partial charge in [-0.3, -0.25) is 0 Å². The van der Waals surface area contributed by atoms with E-state index in [1.165, 1.54) is 27.9 Å². The molecule has 1 saturated heterocycles. The Morgan fingerprint density at radius 3 is 2.49 bits per heavy atom. The summed E-state index contributed by atoms with van der Waals surface area (Å²) < 4.78 is 7.06. The molecule has 5 aliphatic carbocycles. The maximum Gasteiger partial charge on any atom is 0.147 e. The lowest BCUT2D eigenvalue weighted by Gasteiger charge is -2.36. The van der Waals surface area contributed by atoms with Gasteiger partial charge in [-0.05, 0) is 80.1 Å². The molecule has 0 amide bonds. The highest BCUT2D eigenvalue weighted by molar-refractivity contribution is 6.16. The lowest BCUT2D eigenvalue weighted by Crippen LogP contribution is -2.40. The molecule has 7 aliphatic rings. The van der Waals surface area contributed by atoms with E-state index in [1.807, 2.05) is 0 Å². The van der Waals surface area contributed by atoms with Gasteiger partial charge in [0, 0.05) is 28.9 Å². The Balaban J connectivity index is 1.09. The van der Waals surface area contributed by atoms with Gasteiger partial charge in [-0.15, -0.1) is 0 Å². The molecule has 1 fully saturated rings. The van der Waals surface area contributed by atoms with Crippen LogP contribution in [0.1, 0.15) is 74.8 Å². The van der Waals surface area contributed by atoms with Crippen molar-refractivity contribution in [3.63, 3.8) is 0 Å². The van der Waals surface area contributed by atoms with Gasteiger partial charge in [0.1, 0.15) is 17.8 Å². The second-order valence-electron chi connectivity index (χ2n) is 12.8. The molecule has 43 heavy (non-hydrogen) atoms. The van der Waals surface area contributed by atoms with Gasteiger partial charge in [-0.1, -0.05) is 97.2 Å². The zero-order chi connectivity index (χ0) is 28.6. The molecule has 2 heterocycles. The number of nitrogens with one attached hydrogen (secondary N) is 1. The summed E-state index contributed by atoms with van der Waals surface area (Å²) in [6.45, 7) is 0. The number of rotatable bonds is 4. The number of amidine groups is 2. The van der Waals surface area contributed by atoms with Crippen LogP contribution >= 0.6 is 0 Å². The van der Waals surface area contributed by atoms with E-state index in [-0.39, 0.29) is 24.3 Å². The third-order valence-electron chi connectivity index (χ3n) is 10.1. The number of hydrogen-bond donors (Lipinski definition) is 1. The van der Waals surface area contributed by atoms with Crippen LogP contribution in [0, 0.1) is 11.8 Å². The van der Waals surface area contributed by atoms with Gasteiger partial charge in [0.25, 0.3) is 0 Å². The van der Waals surface area contributed by atoms with Crippen molar-refractivity contribution in [2.45, 2.75) is 82.1 Å². The Bertz CT molecular complexity index is 1570. The molecule has 0 saturated carbocycles. The van der Waals surface area contributed by atoms with E-state index in [0.717, 1.165) is 75.0 Å². The van der Waals surface area contributed by atoms with E-state index in [2.05, 4.69) is 102 Å². The predicted octanol–water partition coefficient (Wildman–Crippen LogP) is 8.35. The molecule has 218 valence electrons. The number of ether oxygens (including phenoxy) is 1. The molecule has 0 bridgehead atoms. The Morgan fingerprint density at radius 1 is 0.744 bits per heavy atom. The Kier molecular flexibility index (Phi) is 7.32. The van der Waals surface area contributed by atoms with Crippen molar-refractivity contribution in [3.05, 3.63) is 131 Å². The van der Waals surface area contributed by atoms with Crippen molar-refractivity contribution in [1.82, 2.24) is 5.32 Å². The molecule has 1 aromatic rings. The summed E-state index contributed by atoms with van der Waals surface area (Å²) in [5, 5.41) is 3.62. The van der Waals surface area contributed by atoms with Crippen LogP contribution in [0.2, 0.25) is 0 Å². The summed E-state index contributed by atoms with van der Waals surface area (Å²) in [6.07, 6.45) is 37.8. The van der Waals surface area contributed by atoms with E-state index in [0.29, 0.717) is 11.8 Å². The summed E-state index contributed by atoms with van der Waals surface area (Å²) in [7, 11) is 0. The molecule has 0 aromatic heterocycles. The average molecular weight is 568 g/mol. The highest BCUT2D eigenvalue weighted by Gasteiger charge is 2.42. The van der Waals surface area contributed by atoms with Crippen molar-refractivity contribution in [3.8, 4) is 0 Å². The van der Waals surface area contributed by atoms with Gasteiger partial charge in [-0.2, -0.15) is 0 Å². The number of aliphatic imine (C=N–C) groups is 2. The largest absolute Gasteiger partial charge is 0.368 e. The summed E-state index contributed by atoms with van der Waals surface area (Å²) in [6, 6.07) is 9.11. The normalized spacial score (nSPS) is 32.8. The summed E-state index contributed by atoms with van der Waals surface area (Å²) >= 11 is 0. The minimum absolute atomic E-state index is 0.0497. The number of nitrogens with zero attached hydrogens (tertiary/aromatic N) is 2. The molecule has 2 aliphatic heterocycles. The Labute approximate surface area is 255 Å². The van der Waals surface area contributed by atoms with Crippen molar-refractivity contribution in [2.24, 2.45) is 21.8 Å². The van der Waals surface area contributed by atoms with Gasteiger partial charge >= 0.3 is 0 Å². The highest BCUT2D eigenvalue weighted by Crippen LogP contribution is 2.48. The van der Waals surface area contributed by atoms with Crippen molar-refractivity contribution < 1.29 is 4.74 Å². The van der Waals surface area contributed by atoms with E-state index >= 15 is 0 Å². The standard InChI is InChI=1S/C39H41N3O/c1-3-12-27(13-4-1)37-40-38(28-14-5-2-6-15-28)42-39(41-37)29-24-22-26(23-25-29)30-19-11-20-34-32-17-8-7-16-31(32)33-18-9-10-21-35(33)43-36(30)34/h1,3,5,9-11,14-19,22-25,27,30,34-37H,2,4,6-8,12-13,20-21H2,(H,40,41,42). The topological polar surface area (TPSA) is 46.0 Å². The quantitative estimate of drug-likeness (QED) is 0.372. The van der Waals surface area contributed by atoms with Gasteiger partial charge in [0.15, 0.2) is 0 Å². The lowest BCUT2D eigenvalue weighted by molar-refractivity contribution is -0.0204. The van der Waals surface area contributed by atoms with E-state index in [4.69, 9.17) is 14.7 Å². The second-order valence-corrected chi connectivity index (χ2v) is 12.8. The van der Waals surface area contributed by atoms with Crippen LogP contribution in [0.15, 0.2) is 129 Å². The summed E-state index contributed by atoms with van der Waals surface area (Å²) in [5.41, 5.74) is 7.95. The van der Waals surface area contributed by atoms with Crippen LogP contribution in [-0.2, 0) is 4.74 Å². The smallest absolute Gasteiger partial charge is 0.147 e. The van der Waals surface area contributed by atoms with Crippen LogP contribution in [0.5, 0.6) is 0 Å². The van der Waals surface area contributed by atoms with Crippen molar-refractivity contribution in [2.75, 3.05) is 0 Å². The molecule has 4 heteroatoms. The first kappa shape index (κ1) is 26.8. The Hall–Kier alpha value is -3.76. The highest BCUT2D eigenvalue weighted by atomic mass is 16.5. The first-order chi connectivity index (χ1) is 21.3. The van der Waals surface area contributed by atoms with Crippen LogP contribution in [-0.4, -0.2) is 30.0 Å². The molecule has 8 rings (SSSR count). The van der Waals surface area contributed by atoms with E-state index in [9.17, 15) is 0 Å². The minimum Gasteiger partial charge on any atom is -0.368 e. The van der Waals surface area contributed by atoms with E-state index in [1.54, 1.807) is 0 Å². The van der Waals surface area contributed by atoms with Gasteiger partial charge in [0.2, 0.25) is 0 Å². The molecule has 6 atom stereocenters. The maximum atomic E-state index is 7.06. The first-order valence-corrected chi connectivity index (χ1v) is 16.5. The molecule has 1 aromatic carbocycles. The van der Waals surface area contributed by atoms with Crippen LogP contribution in [0.3, 0.4) is 0 Å². The molecule has 6 unspecified atom stereocenters. The summed E-state index contributed by atoms with van der Waals surface area (Å²) in [4.78, 5) is 10.3. The van der Waals surface area contributed by atoms with Gasteiger partial charge in [-0.25, -0.2) is 9.98 Å². The molecule has 1 N–H and O–H groups in total. The van der Waals surface area contributed by atoms with Crippen molar-refractivity contribution in [1.29, 1.82) is 0 Å². The van der Waals surface area contributed by atoms with Crippen LogP contribution in [0.25, 0.3) is 0 Å². The SMILES string of the molecule is C1=CCC2OC3C(CC=CC3c3ccc(C4=NC(C5CC=CCC5)N=C(C5=CCCC=C5)N4)cc3)C3=CCCC=C3C2=C1. The number of allylic oxidation sites excluding steroid dienone is 9. The summed E-state index contributed by atoms with van der Waals surface area (Å²) in [5.74, 6) is 2.95. The third kappa shape index (κ3) is 5.20. The fourth-order valence-electron chi connectivity index (χ4n) is 7.88. The Morgan fingerprint density at radius 2 is 1.63 bits per heavy atom. The fraction of sp³-hybridized carbons (Fsp3) is 0.385. The third-order valence-corrected chi connectivity index (χ3v) is 10.1. The zero-order valence-corrected chi connectivity index (χ0v) is 24.9. The van der Waals surface area contributed by atoms with Crippen molar-refractivity contribution >= 4 is 11.7 Å². The molecule has 0 spiro atoms. The lowest BCUT2D eigenvalue weighted by atomic mass is 9.73. The van der Waals surface area contributed by atoms with Crippen LogP contribution in [0.4, 0.5) is 0 Å². The minimum atomic E-state index is -0.0497. The monoisotopic (exact) mass is 567 g/mol. The molecule has 4 nitrogen and oxygen atoms in total. The molecular formula is C39H41N3O. The number of fused-ring (bicyclic) bond motifs is 5.